The standard InChI is InChI=1S/C18H19N5/c1-23-12-20-22-18(23)15-9-16(11-19-10-15)21-17(14-7-8-14)13-5-3-2-4-6-13/h2-6,9-12,14,17,21H,7-8H2,1H3. The molecule has 23 heavy (non-hydrogen) atoms. The van der Waals surface area contributed by atoms with E-state index >= 15 is 0 Å². The minimum absolute atomic E-state index is 0.341. The Labute approximate surface area is 135 Å². The molecular formula is C18H19N5. The van der Waals surface area contributed by atoms with Crippen LogP contribution in [0.1, 0.15) is 24.4 Å². The van der Waals surface area contributed by atoms with Crippen molar-refractivity contribution < 1.29 is 0 Å². The summed E-state index contributed by atoms with van der Waals surface area (Å²) in [6.45, 7) is 0. The van der Waals surface area contributed by atoms with Crippen LogP contribution in [-0.4, -0.2) is 19.7 Å². The SMILES string of the molecule is Cn1cnnc1-c1cncc(NC(c2ccccc2)C2CC2)c1. The molecule has 4 rings (SSSR count). The minimum Gasteiger partial charge on any atom is -0.377 e. The van der Waals surface area contributed by atoms with Gasteiger partial charge in [0.1, 0.15) is 6.33 Å². The number of nitrogens with one attached hydrogen (secondary N) is 1. The monoisotopic (exact) mass is 305 g/mol. The van der Waals surface area contributed by atoms with E-state index in [1.807, 2.05) is 24.0 Å². The van der Waals surface area contributed by atoms with Crippen LogP contribution in [0.25, 0.3) is 11.4 Å². The molecule has 0 aliphatic heterocycles. The van der Waals surface area contributed by atoms with Crippen molar-refractivity contribution in [3.05, 3.63) is 60.7 Å². The maximum Gasteiger partial charge on any atom is 0.165 e. The van der Waals surface area contributed by atoms with Gasteiger partial charge in [-0.1, -0.05) is 30.3 Å². The van der Waals surface area contributed by atoms with Gasteiger partial charge in [-0.15, -0.1) is 10.2 Å². The van der Waals surface area contributed by atoms with Crippen LogP contribution >= 0.6 is 0 Å². The lowest BCUT2D eigenvalue weighted by Crippen LogP contribution is -2.13. The van der Waals surface area contributed by atoms with Gasteiger partial charge in [-0.2, -0.15) is 0 Å². The highest BCUT2D eigenvalue weighted by Crippen LogP contribution is 2.42. The van der Waals surface area contributed by atoms with Crippen LogP contribution in [0.15, 0.2) is 55.1 Å². The number of hydrogen-bond donors (Lipinski definition) is 1. The molecule has 116 valence electrons. The molecule has 1 atom stereocenters. The summed E-state index contributed by atoms with van der Waals surface area (Å²) in [5.41, 5.74) is 3.32. The van der Waals surface area contributed by atoms with E-state index in [1.165, 1.54) is 18.4 Å². The zero-order chi connectivity index (χ0) is 15.6. The van der Waals surface area contributed by atoms with Crippen molar-refractivity contribution in [2.75, 3.05) is 5.32 Å². The molecule has 1 saturated carbocycles. The van der Waals surface area contributed by atoms with Crippen molar-refractivity contribution in [2.24, 2.45) is 13.0 Å². The van der Waals surface area contributed by atoms with Crippen molar-refractivity contribution in [2.45, 2.75) is 18.9 Å². The Kier molecular flexibility index (Phi) is 3.54. The maximum atomic E-state index is 4.36. The molecule has 0 bridgehead atoms. The van der Waals surface area contributed by atoms with Crippen molar-refractivity contribution >= 4 is 5.69 Å². The molecular weight excluding hydrogens is 286 g/mol. The predicted octanol–water partition coefficient (Wildman–Crippen LogP) is 3.44. The highest BCUT2D eigenvalue weighted by atomic mass is 15.2. The Hall–Kier alpha value is -2.69. The summed E-state index contributed by atoms with van der Waals surface area (Å²) in [6.07, 6.45) is 7.96. The van der Waals surface area contributed by atoms with Gasteiger partial charge in [0, 0.05) is 25.0 Å². The first-order valence-corrected chi connectivity index (χ1v) is 7.92. The molecule has 1 N–H and O–H groups in total. The molecule has 5 heteroatoms. The molecule has 2 aromatic heterocycles. The average molecular weight is 305 g/mol. The van der Waals surface area contributed by atoms with Crippen LogP contribution in [0.3, 0.4) is 0 Å². The van der Waals surface area contributed by atoms with E-state index in [2.05, 4.69) is 56.9 Å². The normalized spacial score (nSPS) is 15.3. The number of rotatable bonds is 5. The summed E-state index contributed by atoms with van der Waals surface area (Å²) < 4.78 is 1.90. The zero-order valence-corrected chi connectivity index (χ0v) is 13.1. The smallest absolute Gasteiger partial charge is 0.165 e. The van der Waals surface area contributed by atoms with E-state index in [1.54, 1.807) is 6.33 Å². The first-order valence-electron chi connectivity index (χ1n) is 7.92. The van der Waals surface area contributed by atoms with Gasteiger partial charge in [-0.25, -0.2) is 0 Å². The number of anilines is 1. The molecule has 1 aliphatic carbocycles. The molecule has 1 aromatic carbocycles. The Morgan fingerprint density at radius 2 is 2.00 bits per heavy atom. The van der Waals surface area contributed by atoms with Crippen molar-refractivity contribution in [1.82, 2.24) is 19.7 Å². The van der Waals surface area contributed by atoms with Gasteiger partial charge in [0.25, 0.3) is 0 Å². The summed E-state index contributed by atoms with van der Waals surface area (Å²) in [6, 6.07) is 13.1. The molecule has 1 fully saturated rings. The lowest BCUT2D eigenvalue weighted by atomic mass is 10.0. The van der Waals surface area contributed by atoms with Crippen LogP contribution in [0.4, 0.5) is 5.69 Å². The fourth-order valence-electron chi connectivity index (χ4n) is 2.93. The molecule has 1 aliphatic rings. The Balaban J connectivity index is 1.62. The van der Waals surface area contributed by atoms with Gasteiger partial charge < -0.3 is 9.88 Å². The van der Waals surface area contributed by atoms with E-state index in [0.717, 1.165) is 17.1 Å². The molecule has 0 saturated heterocycles. The first-order chi connectivity index (χ1) is 11.3. The van der Waals surface area contributed by atoms with Gasteiger partial charge in [0.15, 0.2) is 5.82 Å². The zero-order valence-electron chi connectivity index (χ0n) is 13.1. The van der Waals surface area contributed by atoms with E-state index in [0.29, 0.717) is 12.0 Å². The van der Waals surface area contributed by atoms with Crippen LogP contribution in [0, 0.1) is 5.92 Å². The molecule has 0 radical (unpaired) electrons. The lowest BCUT2D eigenvalue weighted by Gasteiger charge is -2.20. The molecule has 1 unspecified atom stereocenters. The third-order valence-electron chi connectivity index (χ3n) is 4.28. The fraction of sp³-hybridized carbons (Fsp3) is 0.278. The van der Waals surface area contributed by atoms with E-state index < -0.39 is 0 Å². The van der Waals surface area contributed by atoms with Gasteiger partial charge in [-0.05, 0) is 30.4 Å². The largest absolute Gasteiger partial charge is 0.377 e. The van der Waals surface area contributed by atoms with Crippen molar-refractivity contribution in [3.63, 3.8) is 0 Å². The van der Waals surface area contributed by atoms with E-state index in [4.69, 9.17) is 0 Å². The lowest BCUT2D eigenvalue weighted by molar-refractivity contribution is 0.678. The second kappa shape index (κ2) is 5.83. The van der Waals surface area contributed by atoms with Crippen molar-refractivity contribution in [1.29, 1.82) is 0 Å². The number of hydrogen-bond acceptors (Lipinski definition) is 4. The predicted molar refractivity (Wildman–Crippen MR) is 89.8 cm³/mol. The summed E-state index contributed by atoms with van der Waals surface area (Å²) in [5.74, 6) is 1.53. The maximum absolute atomic E-state index is 4.36. The van der Waals surface area contributed by atoms with Gasteiger partial charge in [0.2, 0.25) is 0 Å². The van der Waals surface area contributed by atoms with Gasteiger partial charge >= 0.3 is 0 Å². The summed E-state index contributed by atoms with van der Waals surface area (Å²) in [4.78, 5) is 4.36. The topological polar surface area (TPSA) is 55.6 Å². The third kappa shape index (κ3) is 2.95. The Morgan fingerprint density at radius 1 is 1.17 bits per heavy atom. The second-order valence-electron chi connectivity index (χ2n) is 6.10. The second-order valence-corrected chi connectivity index (χ2v) is 6.10. The first kappa shape index (κ1) is 13.9. The van der Waals surface area contributed by atoms with E-state index in [-0.39, 0.29) is 0 Å². The van der Waals surface area contributed by atoms with Crippen LogP contribution in [-0.2, 0) is 7.05 Å². The summed E-state index contributed by atoms with van der Waals surface area (Å²) in [7, 11) is 1.94. The molecule has 2 heterocycles. The van der Waals surface area contributed by atoms with Crippen LogP contribution < -0.4 is 5.32 Å². The average Bonchev–Trinajstić information content (AvgIpc) is 3.34. The van der Waals surface area contributed by atoms with Gasteiger partial charge in [-0.3, -0.25) is 4.98 Å². The highest BCUT2D eigenvalue weighted by Gasteiger charge is 2.32. The highest BCUT2D eigenvalue weighted by molar-refractivity contribution is 5.61. The number of aromatic nitrogens is 4. The number of aryl methyl sites for hydroxylation is 1. The van der Waals surface area contributed by atoms with Crippen LogP contribution in [0.5, 0.6) is 0 Å². The molecule has 5 nitrogen and oxygen atoms in total. The number of pyridine rings is 1. The number of nitrogens with zero attached hydrogens (tertiary/aromatic N) is 4. The minimum atomic E-state index is 0.341. The summed E-state index contributed by atoms with van der Waals surface area (Å²) in [5, 5.41) is 11.8. The summed E-state index contributed by atoms with van der Waals surface area (Å²) >= 11 is 0. The van der Waals surface area contributed by atoms with Crippen molar-refractivity contribution in [3.8, 4) is 11.4 Å². The fourth-order valence-corrected chi connectivity index (χ4v) is 2.93. The molecule has 0 amide bonds. The molecule has 3 aromatic rings. The van der Waals surface area contributed by atoms with Crippen LogP contribution in [0.2, 0.25) is 0 Å². The van der Waals surface area contributed by atoms with E-state index in [9.17, 15) is 0 Å². The van der Waals surface area contributed by atoms with Gasteiger partial charge in [0.05, 0.1) is 11.7 Å². The third-order valence-corrected chi connectivity index (χ3v) is 4.28. The Morgan fingerprint density at radius 3 is 2.70 bits per heavy atom. The number of benzene rings is 1. The Bertz CT molecular complexity index is 792. The quantitative estimate of drug-likeness (QED) is 0.784. The molecule has 0 spiro atoms.